The smallest absolute Gasteiger partial charge is 0.244 e. The maximum absolute atomic E-state index is 12.0. The fourth-order valence-corrected chi connectivity index (χ4v) is 2.73. The Morgan fingerprint density at radius 1 is 1.33 bits per heavy atom. The fraction of sp³-hybridized carbons (Fsp3) is 0.846. The molecule has 0 saturated carbocycles. The monoisotopic (exact) mass is 253 g/mol. The average molecular weight is 253 g/mol. The molecule has 2 atom stereocenters. The molecule has 102 valence electrons. The van der Waals surface area contributed by atoms with Crippen molar-refractivity contribution < 1.29 is 9.59 Å². The summed E-state index contributed by atoms with van der Waals surface area (Å²) >= 11 is 0. The molecule has 2 fully saturated rings. The second kappa shape index (κ2) is 6.18. The highest BCUT2D eigenvalue weighted by atomic mass is 16.2. The molecule has 2 aliphatic rings. The number of hydrogen-bond donors (Lipinski definition) is 2. The van der Waals surface area contributed by atoms with Crippen molar-refractivity contribution in [2.45, 2.75) is 51.1 Å². The lowest BCUT2D eigenvalue weighted by molar-refractivity contribution is -0.135. The van der Waals surface area contributed by atoms with E-state index >= 15 is 0 Å². The van der Waals surface area contributed by atoms with Crippen LogP contribution in [0.25, 0.3) is 0 Å². The lowest BCUT2D eigenvalue weighted by atomic mass is 10.1. The average Bonchev–Trinajstić information content (AvgIpc) is 2.99. The molecule has 18 heavy (non-hydrogen) atoms. The van der Waals surface area contributed by atoms with Gasteiger partial charge in [-0.1, -0.05) is 0 Å². The molecule has 2 unspecified atom stereocenters. The van der Waals surface area contributed by atoms with Crippen LogP contribution in [0.4, 0.5) is 0 Å². The number of likely N-dealkylation sites (tertiary alicyclic amines) is 1. The summed E-state index contributed by atoms with van der Waals surface area (Å²) in [5, 5.41) is 6.10. The highest BCUT2D eigenvalue weighted by Gasteiger charge is 2.25. The predicted molar refractivity (Wildman–Crippen MR) is 69.1 cm³/mol. The summed E-state index contributed by atoms with van der Waals surface area (Å²) in [4.78, 5) is 25.7. The second-order valence-electron chi connectivity index (χ2n) is 5.32. The van der Waals surface area contributed by atoms with Gasteiger partial charge in [-0.2, -0.15) is 0 Å². The summed E-state index contributed by atoms with van der Waals surface area (Å²) in [6.45, 7) is 4.45. The van der Waals surface area contributed by atoms with Crippen LogP contribution in [0.2, 0.25) is 0 Å². The number of hydrogen-bond acceptors (Lipinski definition) is 3. The first-order valence-electron chi connectivity index (χ1n) is 6.98. The van der Waals surface area contributed by atoms with Gasteiger partial charge in [0, 0.05) is 25.6 Å². The molecule has 0 aliphatic carbocycles. The number of carbonyl (C=O) groups is 2. The molecule has 0 aromatic rings. The molecule has 2 amide bonds. The molecule has 0 aromatic heterocycles. The van der Waals surface area contributed by atoms with Crippen molar-refractivity contribution >= 4 is 11.8 Å². The number of nitrogens with zero attached hydrogens (tertiary/aromatic N) is 1. The third kappa shape index (κ3) is 3.45. The van der Waals surface area contributed by atoms with Crippen LogP contribution in [0.1, 0.15) is 39.0 Å². The maximum atomic E-state index is 12.0. The minimum absolute atomic E-state index is 0.0190. The summed E-state index contributed by atoms with van der Waals surface area (Å²) < 4.78 is 0. The van der Waals surface area contributed by atoms with Crippen molar-refractivity contribution in [1.29, 1.82) is 0 Å². The Morgan fingerprint density at radius 2 is 2.06 bits per heavy atom. The molecular formula is C13H23N3O2. The molecule has 2 heterocycles. The Kier molecular flexibility index (Phi) is 4.58. The van der Waals surface area contributed by atoms with Gasteiger partial charge in [0.05, 0.1) is 0 Å². The minimum atomic E-state index is -0.392. The number of carbonyl (C=O) groups excluding carboxylic acids is 2. The Labute approximate surface area is 108 Å². The Hall–Kier alpha value is -1.10. The van der Waals surface area contributed by atoms with Crippen LogP contribution in [0, 0.1) is 0 Å². The largest absolute Gasteiger partial charge is 0.345 e. The molecule has 0 aromatic carbocycles. The number of nitrogens with one attached hydrogen (secondary N) is 2. The van der Waals surface area contributed by atoms with Gasteiger partial charge in [0.1, 0.15) is 6.04 Å². The van der Waals surface area contributed by atoms with Gasteiger partial charge >= 0.3 is 0 Å². The van der Waals surface area contributed by atoms with E-state index in [0.29, 0.717) is 12.5 Å². The van der Waals surface area contributed by atoms with E-state index in [1.165, 1.54) is 0 Å². The van der Waals surface area contributed by atoms with Gasteiger partial charge in [-0.15, -0.1) is 0 Å². The molecular weight excluding hydrogens is 230 g/mol. The van der Waals surface area contributed by atoms with Crippen molar-refractivity contribution in [2.75, 3.05) is 19.6 Å². The lowest BCUT2D eigenvalue weighted by Crippen LogP contribution is -2.46. The van der Waals surface area contributed by atoms with E-state index < -0.39 is 6.04 Å². The van der Waals surface area contributed by atoms with Crippen LogP contribution >= 0.6 is 0 Å². The van der Waals surface area contributed by atoms with E-state index in [-0.39, 0.29) is 11.8 Å². The van der Waals surface area contributed by atoms with Gasteiger partial charge in [0.15, 0.2) is 0 Å². The van der Waals surface area contributed by atoms with Gasteiger partial charge in [-0.05, 0) is 39.2 Å². The maximum Gasteiger partial charge on any atom is 0.244 e. The third-order valence-corrected chi connectivity index (χ3v) is 3.76. The van der Waals surface area contributed by atoms with Gasteiger partial charge in [-0.3, -0.25) is 9.59 Å². The van der Waals surface area contributed by atoms with Crippen LogP contribution < -0.4 is 10.6 Å². The van der Waals surface area contributed by atoms with Gasteiger partial charge in [0.2, 0.25) is 11.8 Å². The van der Waals surface area contributed by atoms with E-state index in [2.05, 4.69) is 10.6 Å². The molecule has 2 rings (SSSR count). The summed E-state index contributed by atoms with van der Waals surface area (Å²) in [5.74, 6) is 0.0367. The minimum Gasteiger partial charge on any atom is -0.345 e. The van der Waals surface area contributed by atoms with Crippen molar-refractivity contribution in [1.82, 2.24) is 15.5 Å². The summed E-state index contributed by atoms with van der Waals surface area (Å²) in [7, 11) is 0. The Balaban J connectivity index is 1.73. The van der Waals surface area contributed by atoms with Crippen LogP contribution in [0.3, 0.4) is 0 Å². The molecule has 2 aliphatic heterocycles. The summed E-state index contributed by atoms with van der Waals surface area (Å²) in [5.41, 5.74) is 0. The number of amides is 2. The van der Waals surface area contributed by atoms with E-state index in [9.17, 15) is 9.59 Å². The first-order chi connectivity index (χ1) is 8.66. The topological polar surface area (TPSA) is 61.4 Å². The third-order valence-electron chi connectivity index (χ3n) is 3.76. The lowest BCUT2D eigenvalue weighted by Gasteiger charge is -2.21. The van der Waals surface area contributed by atoms with Crippen molar-refractivity contribution in [2.24, 2.45) is 0 Å². The molecule has 0 spiro atoms. The highest BCUT2D eigenvalue weighted by Crippen LogP contribution is 2.10. The van der Waals surface area contributed by atoms with E-state index in [1.54, 1.807) is 6.92 Å². The quantitative estimate of drug-likeness (QED) is 0.755. The van der Waals surface area contributed by atoms with Crippen LogP contribution in [0.5, 0.6) is 0 Å². The molecule has 2 N–H and O–H groups in total. The fourth-order valence-electron chi connectivity index (χ4n) is 2.73. The molecule has 5 heteroatoms. The predicted octanol–water partition coefficient (Wildman–Crippen LogP) is 0.256. The first kappa shape index (κ1) is 13.3. The van der Waals surface area contributed by atoms with E-state index in [4.69, 9.17) is 0 Å². The summed E-state index contributed by atoms with van der Waals surface area (Å²) in [6, 6.07) is -0.101. The highest BCUT2D eigenvalue weighted by molar-refractivity contribution is 5.87. The van der Waals surface area contributed by atoms with Gasteiger partial charge in [0.25, 0.3) is 0 Å². The molecule has 5 nitrogen and oxygen atoms in total. The summed E-state index contributed by atoms with van der Waals surface area (Å²) in [6.07, 6.45) is 4.84. The van der Waals surface area contributed by atoms with Crippen LogP contribution in [-0.2, 0) is 9.59 Å². The molecule has 0 radical (unpaired) electrons. The molecule has 2 saturated heterocycles. The SMILES string of the molecule is CC(NC(=O)CC1CCCN1)C(=O)N1CCCC1. The van der Waals surface area contributed by atoms with Crippen LogP contribution in [0.15, 0.2) is 0 Å². The first-order valence-corrected chi connectivity index (χ1v) is 6.98. The zero-order valence-corrected chi connectivity index (χ0v) is 11.1. The number of rotatable bonds is 4. The molecule has 0 bridgehead atoms. The second-order valence-corrected chi connectivity index (χ2v) is 5.32. The van der Waals surface area contributed by atoms with Gasteiger partial charge < -0.3 is 15.5 Å². The van der Waals surface area contributed by atoms with E-state index in [1.807, 2.05) is 4.90 Å². The van der Waals surface area contributed by atoms with Crippen LogP contribution in [-0.4, -0.2) is 48.4 Å². The normalized spacial score (nSPS) is 25.2. The standard InChI is InChI=1S/C13H23N3O2/c1-10(13(18)16-7-2-3-8-16)15-12(17)9-11-5-4-6-14-11/h10-11,14H,2-9H2,1H3,(H,15,17). The zero-order valence-electron chi connectivity index (χ0n) is 11.1. The van der Waals surface area contributed by atoms with Crippen molar-refractivity contribution in [3.8, 4) is 0 Å². The van der Waals surface area contributed by atoms with Crippen molar-refractivity contribution in [3.05, 3.63) is 0 Å². The van der Waals surface area contributed by atoms with Crippen molar-refractivity contribution in [3.63, 3.8) is 0 Å². The van der Waals surface area contributed by atoms with Gasteiger partial charge in [-0.25, -0.2) is 0 Å². The Bertz CT molecular complexity index is 307. The van der Waals surface area contributed by atoms with E-state index in [0.717, 1.165) is 45.3 Å². The zero-order chi connectivity index (χ0) is 13.0. The Morgan fingerprint density at radius 3 is 2.67 bits per heavy atom.